The summed E-state index contributed by atoms with van der Waals surface area (Å²) in [6.07, 6.45) is 3.85. The Kier molecular flexibility index (Phi) is 6.98. The van der Waals surface area contributed by atoms with Crippen molar-refractivity contribution in [3.8, 4) is 11.8 Å². The van der Waals surface area contributed by atoms with E-state index in [4.69, 9.17) is 0 Å². The normalized spacial score (nSPS) is 19.1. The highest BCUT2D eigenvalue weighted by molar-refractivity contribution is 6.10. The highest BCUT2D eigenvalue weighted by atomic mass is 16.2. The van der Waals surface area contributed by atoms with E-state index in [2.05, 4.69) is 32.6 Å². The zero-order valence-corrected chi connectivity index (χ0v) is 20.6. The van der Waals surface area contributed by atoms with Crippen molar-refractivity contribution in [1.82, 2.24) is 4.90 Å². The summed E-state index contributed by atoms with van der Waals surface area (Å²) in [4.78, 5) is 41.3. The van der Waals surface area contributed by atoms with E-state index in [9.17, 15) is 14.4 Å². The molecule has 1 saturated carbocycles. The molecule has 0 unspecified atom stereocenters. The van der Waals surface area contributed by atoms with Crippen molar-refractivity contribution in [2.24, 2.45) is 10.8 Å². The van der Waals surface area contributed by atoms with Crippen LogP contribution in [0.25, 0.3) is 0 Å². The van der Waals surface area contributed by atoms with E-state index < -0.39 is 5.92 Å². The number of carbonyl (C=O) groups excluding carboxylic acids is 3. The first kappa shape index (κ1) is 24.2. The summed E-state index contributed by atoms with van der Waals surface area (Å²) in [5.74, 6) is 5.58. The lowest BCUT2D eigenvalue weighted by atomic mass is 9.62. The monoisotopic (exact) mass is 435 g/mol. The predicted octanol–water partition coefficient (Wildman–Crippen LogP) is 5.13. The van der Waals surface area contributed by atoms with Crippen molar-refractivity contribution in [1.29, 1.82) is 0 Å². The van der Waals surface area contributed by atoms with Gasteiger partial charge in [0.1, 0.15) is 17.5 Å². The minimum Gasteiger partial charge on any atom is -0.343 e. The number of rotatable bonds is 4. The lowest BCUT2D eigenvalue weighted by Gasteiger charge is -2.45. The number of piperidine rings is 1. The van der Waals surface area contributed by atoms with Gasteiger partial charge in [-0.15, -0.1) is 5.92 Å². The third-order valence-corrected chi connectivity index (χ3v) is 7.66. The van der Waals surface area contributed by atoms with Gasteiger partial charge >= 0.3 is 0 Å². The molecule has 0 N–H and O–H groups in total. The maximum Gasteiger partial charge on any atom is 0.223 e. The molecule has 1 aromatic rings. The molecule has 3 rings (SSSR count). The zero-order valence-electron chi connectivity index (χ0n) is 20.6. The van der Waals surface area contributed by atoms with Gasteiger partial charge in [-0.25, -0.2) is 0 Å². The van der Waals surface area contributed by atoms with Crippen molar-refractivity contribution in [3.63, 3.8) is 0 Å². The third-order valence-electron chi connectivity index (χ3n) is 7.66. The van der Waals surface area contributed by atoms with Crippen LogP contribution >= 0.6 is 0 Å². The van der Waals surface area contributed by atoms with Crippen molar-refractivity contribution < 1.29 is 14.4 Å². The first-order valence-electron chi connectivity index (χ1n) is 11.9. The molecule has 1 aromatic carbocycles. The summed E-state index contributed by atoms with van der Waals surface area (Å²) in [6.45, 7) is 13.4. The minimum absolute atomic E-state index is 0.00416. The number of hydrogen-bond acceptors (Lipinski definition) is 3. The van der Waals surface area contributed by atoms with Crippen LogP contribution in [0.1, 0.15) is 94.4 Å². The number of benzene rings is 1. The highest BCUT2D eigenvalue weighted by Crippen LogP contribution is 2.47. The van der Waals surface area contributed by atoms with E-state index in [1.807, 2.05) is 30.9 Å². The Morgan fingerprint density at radius 2 is 1.62 bits per heavy atom. The van der Waals surface area contributed by atoms with Gasteiger partial charge in [0.25, 0.3) is 0 Å². The smallest absolute Gasteiger partial charge is 0.223 e. The van der Waals surface area contributed by atoms with E-state index in [-0.39, 0.29) is 28.3 Å². The van der Waals surface area contributed by atoms with Crippen LogP contribution in [0.3, 0.4) is 0 Å². The van der Waals surface area contributed by atoms with E-state index in [0.717, 1.165) is 41.5 Å². The number of likely N-dealkylation sites (tertiary alicyclic amines) is 1. The molecule has 1 heterocycles. The summed E-state index contributed by atoms with van der Waals surface area (Å²) >= 11 is 0. The SMILES string of the molecule is CC#Cc1cc(C)c(C2C(=O)CC3(CCN(C(=O)CC(C)(C)CC)CC3)CC2=O)c(C)c1. The number of hydrogen-bond donors (Lipinski definition) is 0. The largest absolute Gasteiger partial charge is 0.343 e. The van der Waals surface area contributed by atoms with E-state index in [0.29, 0.717) is 32.4 Å². The number of carbonyl (C=O) groups is 3. The minimum atomic E-state index is -0.658. The third kappa shape index (κ3) is 4.98. The molecule has 2 aliphatic rings. The predicted molar refractivity (Wildman–Crippen MR) is 127 cm³/mol. The number of nitrogens with zero attached hydrogens (tertiary/aromatic N) is 1. The molecule has 4 heteroatoms. The fraction of sp³-hybridized carbons (Fsp3) is 0.607. The number of aryl methyl sites for hydroxylation is 2. The molecule has 1 saturated heterocycles. The summed E-state index contributed by atoms with van der Waals surface area (Å²) in [6, 6.07) is 3.96. The van der Waals surface area contributed by atoms with Gasteiger partial charge in [0.2, 0.25) is 5.91 Å². The van der Waals surface area contributed by atoms with Gasteiger partial charge in [-0.2, -0.15) is 0 Å². The summed E-state index contributed by atoms with van der Waals surface area (Å²) < 4.78 is 0. The number of Topliss-reactive ketones (excluding diaryl/α,β-unsaturated/α-hetero) is 2. The molecular weight excluding hydrogens is 398 g/mol. The van der Waals surface area contributed by atoms with Crippen LogP contribution in [-0.4, -0.2) is 35.5 Å². The average molecular weight is 436 g/mol. The molecule has 1 amide bonds. The Labute approximate surface area is 193 Å². The summed E-state index contributed by atoms with van der Waals surface area (Å²) in [5.41, 5.74) is 3.43. The fourth-order valence-corrected chi connectivity index (χ4v) is 5.38. The van der Waals surface area contributed by atoms with E-state index >= 15 is 0 Å². The zero-order chi connectivity index (χ0) is 23.7. The van der Waals surface area contributed by atoms with E-state index in [1.54, 1.807) is 6.92 Å². The Balaban J connectivity index is 1.72. The topological polar surface area (TPSA) is 54.5 Å². The molecule has 0 radical (unpaired) electrons. The molecule has 1 aliphatic carbocycles. The van der Waals surface area contributed by atoms with Crippen molar-refractivity contribution in [2.45, 2.75) is 86.0 Å². The molecule has 0 aromatic heterocycles. The maximum absolute atomic E-state index is 13.3. The summed E-state index contributed by atoms with van der Waals surface area (Å²) in [7, 11) is 0. The van der Waals surface area contributed by atoms with Crippen LogP contribution in [0, 0.1) is 36.5 Å². The van der Waals surface area contributed by atoms with Crippen molar-refractivity contribution in [2.75, 3.05) is 13.1 Å². The van der Waals surface area contributed by atoms with Crippen molar-refractivity contribution >= 4 is 17.5 Å². The Morgan fingerprint density at radius 3 is 2.09 bits per heavy atom. The fourth-order valence-electron chi connectivity index (χ4n) is 5.38. The van der Waals surface area contributed by atoms with Crippen molar-refractivity contribution in [3.05, 3.63) is 34.4 Å². The molecule has 172 valence electrons. The van der Waals surface area contributed by atoms with Crippen LogP contribution < -0.4 is 0 Å². The van der Waals surface area contributed by atoms with Gasteiger partial charge < -0.3 is 4.90 Å². The van der Waals surface area contributed by atoms with Crippen LogP contribution in [0.15, 0.2) is 12.1 Å². The Bertz CT molecular complexity index is 941. The lowest BCUT2D eigenvalue weighted by Crippen LogP contribution is -2.48. The van der Waals surface area contributed by atoms with Crippen LogP contribution in [0.5, 0.6) is 0 Å². The molecule has 32 heavy (non-hydrogen) atoms. The Hall–Kier alpha value is -2.41. The number of amides is 1. The summed E-state index contributed by atoms with van der Waals surface area (Å²) in [5, 5.41) is 0. The second kappa shape index (κ2) is 9.22. The Morgan fingerprint density at radius 1 is 1.09 bits per heavy atom. The standard InChI is InChI=1S/C28H37NO3/c1-7-9-21-14-19(3)25(20(4)15-21)26-22(30)16-28(17-23(26)31)10-12-29(13-11-28)24(32)18-27(5,6)8-2/h14-15,26H,8,10-13,16-18H2,1-6H3. The second-order valence-corrected chi connectivity index (χ2v) is 10.7. The number of ketones is 2. The van der Waals surface area contributed by atoms with Crippen LogP contribution in [0.2, 0.25) is 0 Å². The van der Waals surface area contributed by atoms with Gasteiger partial charge in [0.05, 0.1) is 0 Å². The molecule has 1 aliphatic heterocycles. The van der Waals surface area contributed by atoms with Gasteiger partial charge in [-0.1, -0.05) is 33.1 Å². The van der Waals surface area contributed by atoms with Gasteiger partial charge in [-0.05, 0) is 73.3 Å². The molecule has 2 fully saturated rings. The molecule has 4 nitrogen and oxygen atoms in total. The first-order chi connectivity index (χ1) is 15.0. The van der Waals surface area contributed by atoms with Crippen LogP contribution in [0.4, 0.5) is 0 Å². The lowest BCUT2D eigenvalue weighted by molar-refractivity contribution is -0.141. The van der Waals surface area contributed by atoms with Gasteiger partial charge in [0.15, 0.2) is 0 Å². The molecule has 1 spiro atoms. The van der Waals surface area contributed by atoms with Gasteiger partial charge in [0, 0.05) is 37.9 Å². The average Bonchev–Trinajstić information content (AvgIpc) is 2.70. The van der Waals surface area contributed by atoms with E-state index in [1.165, 1.54) is 0 Å². The quantitative estimate of drug-likeness (QED) is 0.487. The second-order valence-electron chi connectivity index (χ2n) is 10.7. The molecule has 0 atom stereocenters. The first-order valence-corrected chi connectivity index (χ1v) is 11.9. The molecular formula is C28H37NO3. The maximum atomic E-state index is 13.3. The van der Waals surface area contributed by atoms with Crippen LogP contribution in [-0.2, 0) is 14.4 Å². The highest BCUT2D eigenvalue weighted by Gasteiger charge is 2.47. The van der Waals surface area contributed by atoms with Gasteiger partial charge in [-0.3, -0.25) is 14.4 Å². The molecule has 0 bridgehead atoms.